The third-order valence-corrected chi connectivity index (χ3v) is 3.57. The fourth-order valence-electron chi connectivity index (χ4n) is 1.84. The first kappa shape index (κ1) is 14.3. The summed E-state index contributed by atoms with van der Waals surface area (Å²) in [5, 5.41) is 17.5. The number of carbonyl (C=O) groups is 1. The van der Waals surface area contributed by atoms with E-state index in [0.717, 1.165) is 18.8 Å². The van der Waals surface area contributed by atoms with E-state index in [1.54, 1.807) is 0 Å². The number of ether oxygens (including phenoxy) is 2. The van der Waals surface area contributed by atoms with Crippen LogP contribution in [0.3, 0.4) is 0 Å². The molecule has 0 aromatic carbocycles. The monoisotopic (exact) mass is 287 g/mol. The second-order valence-electron chi connectivity index (χ2n) is 4.11. The normalized spacial score (nSPS) is 19.5. The molecule has 2 rings (SSSR count). The van der Waals surface area contributed by atoms with Gasteiger partial charge < -0.3 is 19.1 Å². The number of aliphatic carboxylic acids is 1. The number of hydrogen-bond donors (Lipinski definition) is 1. The Hall–Kier alpha value is -1.12. The van der Waals surface area contributed by atoms with Crippen molar-refractivity contribution in [1.82, 2.24) is 14.8 Å². The Morgan fingerprint density at radius 3 is 3.00 bits per heavy atom. The van der Waals surface area contributed by atoms with Gasteiger partial charge in [-0.1, -0.05) is 18.7 Å². The molecule has 0 saturated carbocycles. The van der Waals surface area contributed by atoms with Crippen LogP contribution in [0, 0.1) is 0 Å². The predicted octanol–water partition coefficient (Wildman–Crippen LogP) is 0.953. The summed E-state index contributed by atoms with van der Waals surface area (Å²) < 4.78 is 12.9. The van der Waals surface area contributed by atoms with Crippen LogP contribution in [-0.2, 0) is 20.8 Å². The van der Waals surface area contributed by atoms with Crippen molar-refractivity contribution in [3.63, 3.8) is 0 Å². The van der Waals surface area contributed by atoms with Gasteiger partial charge in [0.15, 0.2) is 11.0 Å². The van der Waals surface area contributed by atoms with E-state index >= 15 is 0 Å². The molecule has 7 nitrogen and oxygen atoms in total. The van der Waals surface area contributed by atoms with Crippen LogP contribution in [0.4, 0.5) is 0 Å². The van der Waals surface area contributed by atoms with Crippen molar-refractivity contribution in [3.8, 4) is 0 Å². The van der Waals surface area contributed by atoms with E-state index in [9.17, 15) is 4.79 Å². The van der Waals surface area contributed by atoms with E-state index in [1.807, 2.05) is 11.5 Å². The summed E-state index contributed by atoms with van der Waals surface area (Å²) in [4.78, 5) is 10.6. The molecule has 1 aromatic heterocycles. The van der Waals surface area contributed by atoms with Crippen LogP contribution in [0.1, 0.15) is 25.3 Å². The fraction of sp³-hybridized carbons (Fsp3) is 0.727. The largest absolute Gasteiger partial charge is 0.481 e. The molecule has 8 heteroatoms. The number of carboxylic acid groups (broad SMARTS) is 1. The smallest absolute Gasteiger partial charge is 0.313 e. The maximum absolute atomic E-state index is 10.6. The molecule has 106 valence electrons. The number of carboxylic acids is 1. The van der Waals surface area contributed by atoms with Crippen LogP contribution in [0.25, 0.3) is 0 Å². The lowest BCUT2D eigenvalue weighted by atomic mass is 10.3. The second-order valence-corrected chi connectivity index (χ2v) is 5.05. The van der Waals surface area contributed by atoms with Crippen molar-refractivity contribution in [2.24, 2.45) is 0 Å². The molecular formula is C11H17N3O4S. The van der Waals surface area contributed by atoms with Crippen LogP contribution < -0.4 is 0 Å². The van der Waals surface area contributed by atoms with Gasteiger partial charge in [-0.2, -0.15) is 0 Å². The number of hydrogen-bond acceptors (Lipinski definition) is 6. The molecule has 1 aromatic rings. The molecule has 1 aliphatic heterocycles. The second kappa shape index (κ2) is 6.88. The summed E-state index contributed by atoms with van der Waals surface area (Å²) in [5.74, 6) is -0.173. The molecule has 1 N–H and O–H groups in total. The Morgan fingerprint density at radius 1 is 1.53 bits per heavy atom. The molecule has 1 saturated heterocycles. The molecular weight excluding hydrogens is 270 g/mol. The Bertz CT molecular complexity index is 432. The lowest BCUT2D eigenvalue weighted by Gasteiger charge is -2.22. The summed E-state index contributed by atoms with van der Waals surface area (Å²) in [7, 11) is 0. The van der Waals surface area contributed by atoms with Crippen molar-refractivity contribution in [3.05, 3.63) is 5.82 Å². The summed E-state index contributed by atoms with van der Waals surface area (Å²) in [6, 6.07) is 0. The summed E-state index contributed by atoms with van der Waals surface area (Å²) in [6.45, 7) is 4.39. The van der Waals surface area contributed by atoms with Crippen LogP contribution >= 0.6 is 11.8 Å². The zero-order valence-corrected chi connectivity index (χ0v) is 11.6. The maximum Gasteiger partial charge on any atom is 0.313 e. The van der Waals surface area contributed by atoms with Crippen molar-refractivity contribution in [1.29, 1.82) is 0 Å². The minimum absolute atomic E-state index is 0.0239. The van der Waals surface area contributed by atoms with Gasteiger partial charge in [0.25, 0.3) is 0 Å². The van der Waals surface area contributed by atoms with E-state index in [2.05, 4.69) is 10.2 Å². The van der Waals surface area contributed by atoms with Crippen LogP contribution in [0.5, 0.6) is 0 Å². The van der Waals surface area contributed by atoms with Crippen LogP contribution in [0.15, 0.2) is 5.16 Å². The molecule has 0 bridgehead atoms. The quantitative estimate of drug-likeness (QED) is 0.779. The standard InChI is InChI=1S/C11H17N3O4S/c1-2-3-14-10(8-6-17-4-5-18-8)12-13-11(14)19-7-9(15)16/h8H,2-7H2,1H3,(H,15,16). The maximum atomic E-state index is 10.6. The van der Waals surface area contributed by atoms with Gasteiger partial charge in [-0.25, -0.2) is 0 Å². The third-order valence-electron chi connectivity index (χ3n) is 2.62. The van der Waals surface area contributed by atoms with E-state index in [1.165, 1.54) is 11.8 Å². The van der Waals surface area contributed by atoms with E-state index in [4.69, 9.17) is 14.6 Å². The number of aromatic nitrogens is 3. The molecule has 1 aliphatic rings. The first-order chi connectivity index (χ1) is 9.22. The first-order valence-electron chi connectivity index (χ1n) is 6.19. The van der Waals surface area contributed by atoms with E-state index in [0.29, 0.717) is 25.0 Å². The fourth-order valence-corrected chi connectivity index (χ4v) is 2.53. The highest BCUT2D eigenvalue weighted by molar-refractivity contribution is 7.99. The SMILES string of the molecule is CCCn1c(SCC(=O)O)nnc1C1COCCO1. The molecule has 1 unspecified atom stereocenters. The lowest BCUT2D eigenvalue weighted by Crippen LogP contribution is -2.25. The zero-order valence-electron chi connectivity index (χ0n) is 10.7. The topological polar surface area (TPSA) is 86.5 Å². The highest BCUT2D eigenvalue weighted by Crippen LogP contribution is 2.24. The average Bonchev–Trinajstić information content (AvgIpc) is 2.81. The van der Waals surface area contributed by atoms with Gasteiger partial charge in [0, 0.05) is 6.54 Å². The Labute approximate surface area is 115 Å². The van der Waals surface area contributed by atoms with E-state index in [-0.39, 0.29) is 11.9 Å². The van der Waals surface area contributed by atoms with Crippen molar-refractivity contribution >= 4 is 17.7 Å². The Balaban J connectivity index is 2.15. The van der Waals surface area contributed by atoms with Gasteiger partial charge in [-0.05, 0) is 6.42 Å². The van der Waals surface area contributed by atoms with Crippen molar-refractivity contribution < 1.29 is 19.4 Å². The van der Waals surface area contributed by atoms with Crippen molar-refractivity contribution in [2.45, 2.75) is 31.1 Å². The highest BCUT2D eigenvalue weighted by Gasteiger charge is 2.24. The Kier molecular flexibility index (Phi) is 5.17. The number of nitrogens with zero attached hydrogens (tertiary/aromatic N) is 3. The highest BCUT2D eigenvalue weighted by atomic mass is 32.2. The average molecular weight is 287 g/mol. The predicted molar refractivity (Wildman–Crippen MR) is 68.2 cm³/mol. The molecule has 0 radical (unpaired) electrons. The van der Waals surface area contributed by atoms with Gasteiger partial charge in [0.1, 0.15) is 6.10 Å². The molecule has 0 aliphatic carbocycles. The lowest BCUT2D eigenvalue weighted by molar-refractivity contribution is -0.133. The van der Waals surface area contributed by atoms with Gasteiger partial charge in [0.2, 0.25) is 0 Å². The molecule has 0 amide bonds. The Morgan fingerprint density at radius 2 is 2.37 bits per heavy atom. The molecule has 1 fully saturated rings. The van der Waals surface area contributed by atoms with Crippen LogP contribution in [-0.4, -0.2) is 51.4 Å². The summed E-state index contributed by atoms with van der Waals surface area (Å²) in [6.07, 6.45) is 0.700. The molecule has 0 spiro atoms. The van der Waals surface area contributed by atoms with E-state index < -0.39 is 5.97 Å². The zero-order chi connectivity index (χ0) is 13.7. The van der Waals surface area contributed by atoms with Gasteiger partial charge in [-0.3, -0.25) is 4.79 Å². The van der Waals surface area contributed by atoms with Gasteiger partial charge in [0.05, 0.1) is 25.6 Å². The summed E-state index contributed by atoms with van der Waals surface area (Å²) >= 11 is 1.17. The number of rotatable bonds is 6. The number of thioether (sulfide) groups is 1. The third kappa shape index (κ3) is 3.68. The molecule has 1 atom stereocenters. The minimum atomic E-state index is -0.866. The van der Waals surface area contributed by atoms with Gasteiger partial charge in [-0.15, -0.1) is 10.2 Å². The molecule has 2 heterocycles. The minimum Gasteiger partial charge on any atom is -0.481 e. The summed E-state index contributed by atoms with van der Waals surface area (Å²) in [5.41, 5.74) is 0. The first-order valence-corrected chi connectivity index (χ1v) is 7.18. The van der Waals surface area contributed by atoms with Crippen molar-refractivity contribution in [2.75, 3.05) is 25.6 Å². The van der Waals surface area contributed by atoms with Crippen LogP contribution in [0.2, 0.25) is 0 Å². The van der Waals surface area contributed by atoms with Gasteiger partial charge >= 0.3 is 5.97 Å². The molecule has 19 heavy (non-hydrogen) atoms.